The highest BCUT2D eigenvalue weighted by Gasteiger charge is 2.13. The Morgan fingerprint density at radius 3 is 2.52 bits per heavy atom. The molecule has 1 N–H and O–H groups in total. The predicted octanol–water partition coefficient (Wildman–Crippen LogP) is 5.45. The highest BCUT2D eigenvalue weighted by molar-refractivity contribution is 6.07. The third kappa shape index (κ3) is 4.95. The second-order valence-corrected chi connectivity index (χ2v) is 7.05. The number of carbonyl (C=O) groups is 1. The van der Waals surface area contributed by atoms with E-state index in [4.69, 9.17) is 9.72 Å². The van der Waals surface area contributed by atoms with Crippen LogP contribution in [0.2, 0.25) is 0 Å². The lowest BCUT2D eigenvalue weighted by molar-refractivity contribution is 0.0956. The molecular weight excluding hydrogens is 386 g/mol. The number of benzene rings is 3. The van der Waals surface area contributed by atoms with Crippen LogP contribution in [0.5, 0.6) is 5.75 Å². The topological polar surface area (TPSA) is 63.6 Å². The number of hydrazone groups is 1. The highest BCUT2D eigenvalue weighted by Crippen LogP contribution is 2.24. The summed E-state index contributed by atoms with van der Waals surface area (Å²) in [4.78, 5) is 17.6. The van der Waals surface area contributed by atoms with Crippen molar-refractivity contribution in [2.24, 2.45) is 5.10 Å². The van der Waals surface area contributed by atoms with Gasteiger partial charge in [-0.2, -0.15) is 5.10 Å². The predicted molar refractivity (Wildman–Crippen MR) is 124 cm³/mol. The summed E-state index contributed by atoms with van der Waals surface area (Å²) in [6, 6.07) is 26.8. The minimum Gasteiger partial charge on any atom is -0.494 e. The van der Waals surface area contributed by atoms with E-state index in [0.29, 0.717) is 12.2 Å². The van der Waals surface area contributed by atoms with Crippen LogP contribution < -0.4 is 10.2 Å². The fourth-order valence-corrected chi connectivity index (χ4v) is 3.22. The molecule has 1 amide bonds. The lowest BCUT2D eigenvalue weighted by Crippen LogP contribution is -2.18. The third-order valence-corrected chi connectivity index (χ3v) is 4.76. The van der Waals surface area contributed by atoms with Gasteiger partial charge in [-0.1, -0.05) is 55.5 Å². The summed E-state index contributed by atoms with van der Waals surface area (Å²) in [6.07, 6.45) is 2.58. The van der Waals surface area contributed by atoms with Crippen molar-refractivity contribution in [2.75, 3.05) is 6.61 Å². The van der Waals surface area contributed by atoms with Gasteiger partial charge in [0.05, 0.1) is 29.6 Å². The standard InChI is InChI=1S/C26H23N3O2/c1-2-16-31-21-14-12-19(13-15-21)18-27-29-26(30)23-17-25(20-8-4-3-5-9-20)28-24-11-7-6-10-22(23)24/h3-15,17-18H,2,16H2,1H3,(H,29,30)/b27-18-. The van der Waals surface area contributed by atoms with Crippen LogP contribution in [0.15, 0.2) is 90.0 Å². The summed E-state index contributed by atoms with van der Waals surface area (Å²) in [7, 11) is 0. The molecule has 1 aromatic heterocycles. The molecule has 0 saturated heterocycles. The van der Waals surface area contributed by atoms with E-state index in [-0.39, 0.29) is 5.91 Å². The van der Waals surface area contributed by atoms with Crippen molar-refractivity contribution in [2.45, 2.75) is 13.3 Å². The first kappa shape index (κ1) is 20.3. The zero-order chi connectivity index (χ0) is 21.5. The first-order valence-electron chi connectivity index (χ1n) is 10.3. The zero-order valence-corrected chi connectivity index (χ0v) is 17.3. The van der Waals surface area contributed by atoms with Crippen LogP contribution in [0.1, 0.15) is 29.3 Å². The summed E-state index contributed by atoms with van der Waals surface area (Å²) in [6.45, 7) is 2.76. The summed E-state index contributed by atoms with van der Waals surface area (Å²) in [5, 5.41) is 4.92. The number of nitrogens with zero attached hydrogens (tertiary/aromatic N) is 2. The van der Waals surface area contributed by atoms with Crippen molar-refractivity contribution in [3.05, 3.63) is 96.1 Å². The number of ether oxygens (including phenoxy) is 1. The van der Waals surface area contributed by atoms with E-state index in [1.807, 2.05) is 84.9 Å². The van der Waals surface area contributed by atoms with E-state index < -0.39 is 0 Å². The number of carbonyl (C=O) groups excluding carboxylic acids is 1. The minimum atomic E-state index is -0.282. The molecule has 3 aromatic carbocycles. The van der Waals surface area contributed by atoms with E-state index in [1.54, 1.807) is 6.21 Å². The molecule has 0 aliphatic heterocycles. The molecule has 4 rings (SSSR count). The number of nitrogens with one attached hydrogen (secondary N) is 1. The van der Waals surface area contributed by atoms with Crippen LogP contribution in [-0.2, 0) is 0 Å². The molecular formula is C26H23N3O2. The fraction of sp³-hybridized carbons (Fsp3) is 0.115. The molecule has 0 aliphatic carbocycles. The maximum absolute atomic E-state index is 12.9. The Bertz CT molecular complexity index is 1200. The minimum absolute atomic E-state index is 0.282. The molecule has 0 atom stereocenters. The Labute approximate surface area is 181 Å². The Morgan fingerprint density at radius 1 is 1.00 bits per heavy atom. The second kappa shape index (κ2) is 9.67. The van der Waals surface area contributed by atoms with Crippen LogP contribution in [-0.4, -0.2) is 23.7 Å². The maximum Gasteiger partial charge on any atom is 0.272 e. The maximum atomic E-state index is 12.9. The van der Waals surface area contributed by atoms with Crippen molar-refractivity contribution < 1.29 is 9.53 Å². The van der Waals surface area contributed by atoms with Gasteiger partial charge in [-0.25, -0.2) is 10.4 Å². The largest absolute Gasteiger partial charge is 0.494 e. The zero-order valence-electron chi connectivity index (χ0n) is 17.3. The molecule has 0 radical (unpaired) electrons. The van der Waals surface area contributed by atoms with Crippen LogP contribution in [0.3, 0.4) is 0 Å². The van der Waals surface area contributed by atoms with Gasteiger partial charge in [-0.05, 0) is 48.4 Å². The Balaban J connectivity index is 1.55. The summed E-state index contributed by atoms with van der Waals surface area (Å²) in [5.74, 6) is 0.537. The number of hydrogen-bond acceptors (Lipinski definition) is 4. The fourth-order valence-electron chi connectivity index (χ4n) is 3.22. The first-order valence-corrected chi connectivity index (χ1v) is 10.3. The van der Waals surface area contributed by atoms with E-state index in [9.17, 15) is 4.79 Å². The number of amides is 1. The second-order valence-electron chi connectivity index (χ2n) is 7.05. The molecule has 0 unspecified atom stereocenters. The van der Waals surface area contributed by atoms with E-state index in [1.165, 1.54) is 0 Å². The molecule has 0 saturated carbocycles. The van der Waals surface area contributed by atoms with Crippen LogP contribution >= 0.6 is 0 Å². The van der Waals surface area contributed by atoms with Gasteiger partial charge < -0.3 is 4.74 Å². The number of para-hydroxylation sites is 1. The quantitative estimate of drug-likeness (QED) is 0.326. The molecule has 154 valence electrons. The molecule has 0 fully saturated rings. The lowest BCUT2D eigenvalue weighted by Gasteiger charge is -2.09. The molecule has 5 nitrogen and oxygen atoms in total. The summed E-state index contributed by atoms with van der Waals surface area (Å²) < 4.78 is 5.58. The molecule has 1 heterocycles. The Kier molecular flexibility index (Phi) is 6.33. The summed E-state index contributed by atoms with van der Waals surface area (Å²) in [5.41, 5.74) is 6.51. The van der Waals surface area contributed by atoms with E-state index >= 15 is 0 Å². The van der Waals surface area contributed by atoms with Gasteiger partial charge in [0.1, 0.15) is 5.75 Å². The van der Waals surface area contributed by atoms with Crippen molar-refractivity contribution in [3.8, 4) is 17.0 Å². The van der Waals surface area contributed by atoms with E-state index in [0.717, 1.165) is 39.9 Å². The Morgan fingerprint density at radius 2 is 1.74 bits per heavy atom. The van der Waals surface area contributed by atoms with E-state index in [2.05, 4.69) is 17.5 Å². The van der Waals surface area contributed by atoms with Gasteiger partial charge in [0.15, 0.2) is 0 Å². The summed E-state index contributed by atoms with van der Waals surface area (Å²) >= 11 is 0. The van der Waals surface area contributed by atoms with Crippen molar-refractivity contribution >= 4 is 23.0 Å². The normalized spacial score (nSPS) is 11.0. The average molecular weight is 409 g/mol. The van der Waals surface area contributed by atoms with Crippen molar-refractivity contribution in [1.29, 1.82) is 0 Å². The first-order chi connectivity index (χ1) is 15.2. The third-order valence-electron chi connectivity index (χ3n) is 4.76. The SMILES string of the molecule is CCCOc1ccc(/C=N\NC(=O)c2cc(-c3ccccc3)nc3ccccc23)cc1. The van der Waals surface area contributed by atoms with Crippen LogP contribution in [0.4, 0.5) is 0 Å². The van der Waals surface area contributed by atoms with Gasteiger partial charge in [0.2, 0.25) is 0 Å². The number of fused-ring (bicyclic) bond motifs is 1. The number of pyridine rings is 1. The molecule has 0 aliphatic rings. The smallest absolute Gasteiger partial charge is 0.272 e. The number of aromatic nitrogens is 1. The van der Waals surface area contributed by atoms with Gasteiger partial charge in [0, 0.05) is 10.9 Å². The van der Waals surface area contributed by atoms with Gasteiger partial charge in [-0.15, -0.1) is 0 Å². The lowest BCUT2D eigenvalue weighted by atomic mass is 10.0. The van der Waals surface area contributed by atoms with Gasteiger partial charge in [-0.3, -0.25) is 4.79 Å². The molecule has 0 bridgehead atoms. The molecule has 4 aromatic rings. The Hall–Kier alpha value is -3.99. The number of hydrogen-bond donors (Lipinski definition) is 1. The van der Waals surface area contributed by atoms with Gasteiger partial charge in [0.25, 0.3) is 5.91 Å². The molecule has 5 heteroatoms. The van der Waals surface area contributed by atoms with Crippen molar-refractivity contribution in [1.82, 2.24) is 10.4 Å². The highest BCUT2D eigenvalue weighted by atomic mass is 16.5. The molecule has 31 heavy (non-hydrogen) atoms. The monoisotopic (exact) mass is 409 g/mol. The average Bonchev–Trinajstić information content (AvgIpc) is 2.83. The van der Waals surface area contributed by atoms with Crippen LogP contribution in [0.25, 0.3) is 22.2 Å². The van der Waals surface area contributed by atoms with Crippen LogP contribution in [0, 0.1) is 0 Å². The number of rotatable bonds is 7. The van der Waals surface area contributed by atoms with Crippen molar-refractivity contribution in [3.63, 3.8) is 0 Å². The van der Waals surface area contributed by atoms with Gasteiger partial charge >= 0.3 is 0 Å². The molecule has 0 spiro atoms.